The van der Waals surface area contributed by atoms with Gasteiger partial charge < -0.3 is 15.0 Å². The van der Waals surface area contributed by atoms with Gasteiger partial charge in [-0.1, -0.05) is 11.8 Å². The van der Waals surface area contributed by atoms with Gasteiger partial charge in [0.25, 0.3) is 0 Å². The van der Waals surface area contributed by atoms with Crippen LogP contribution in [0, 0.1) is 0 Å². The second-order valence-electron chi connectivity index (χ2n) is 5.19. The molecule has 1 aliphatic heterocycles. The van der Waals surface area contributed by atoms with Crippen LogP contribution in [0.4, 0.5) is 11.4 Å². The number of nitrogens with one attached hydrogen (secondary N) is 2. The fourth-order valence-electron chi connectivity index (χ4n) is 2.29. The number of rotatable bonds is 5. The summed E-state index contributed by atoms with van der Waals surface area (Å²) >= 11 is 1.34. The van der Waals surface area contributed by atoms with Crippen molar-refractivity contribution in [2.24, 2.45) is 0 Å². The summed E-state index contributed by atoms with van der Waals surface area (Å²) in [4.78, 5) is 18.5. The third-order valence-corrected chi connectivity index (χ3v) is 4.55. The lowest BCUT2D eigenvalue weighted by Gasteiger charge is -2.28. The third kappa shape index (κ3) is 4.23. The molecule has 0 unspecified atom stereocenters. The summed E-state index contributed by atoms with van der Waals surface area (Å²) in [6.07, 6.45) is 1.43. The SMILES string of the molecule is C[C@H](Sc1ncn[nH]1)C(=O)Nc1ccc(N2CCOCC2)cc1. The molecule has 122 valence electrons. The van der Waals surface area contributed by atoms with Crippen LogP contribution in [0.1, 0.15) is 6.92 Å². The average molecular weight is 333 g/mol. The van der Waals surface area contributed by atoms with E-state index < -0.39 is 0 Å². The predicted octanol–water partition coefficient (Wildman–Crippen LogP) is 1.76. The van der Waals surface area contributed by atoms with Gasteiger partial charge in [0.2, 0.25) is 5.91 Å². The van der Waals surface area contributed by atoms with E-state index >= 15 is 0 Å². The summed E-state index contributed by atoms with van der Waals surface area (Å²) in [5.41, 5.74) is 1.94. The summed E-state index contributed by atoms with van der Waals surface area (Å²) in [6, 6.07) is 7.90. The molecule has 2 aromatic rings. The van der Waals surface area contributed by atoms with Crippen molar-refractivity contribution in [3.8, 4) is 0 Å². The molecule has 1 fully saturated rings. The van der Waals surface area contributed by atoms with Crippen LogP contribution in [0.2, 0.25) is 0 Å². The first-order chi connectivity index (χ1) is 11.2. The molecule has 0 spiro atoms. The Morgan fingerprint density at radius 1 is 1.35 bits per heavy atom. The van der Waals surface area contributed by atoms with Gasteiger partial charge in [-0.25, -0.2) is 4.98 Å². The lowest BCUT2D eigenvalue weighted by atomic mass is 10.2. The number of hydrogen-bond acceptors (Lipinski definition) is 6. The number of anilines is 2. The van der Waals surface area contributed by atoms with Gasteiger partial charge in [-0.15, -0.1) is 0 Å². The molecule has 3 rings (SSSR count). The van der Waals surface area contributed by atoms with Crippen LogP contribution >= 0.6 is 11.8 Å². The Morgan fingerprint density at radius 2 is 2.09 bits per heavy atom. The topological polar surface area (TPSA) is 83.1 Å². The highest BCUT2D eigenvalue weighted by molar-refractivity contribution is 8.00. The number of ether oxygens (including phenoxy) is 1. The molecule has 1 aromatic heterocycles. The number of hydrogen-bond donors (Lipinski definition) is 2. The van der Waals surface area contributed by atoms with Gasteiger partial charge >= 0.3 is 0 Å². The van der Waals surface area contributed by atoms with Gasteiger partial charge in [-0.3, -0.25) is 9.89 Å². The molecule has 1 amide bonds. The van der Waals surface area contributed by atoms with E-state index in [9.17, 15) is 4.79 Å². The number of carbonyl (C=O) groups is 1. The van der Waals surface area contributed by atoms with Crippen molar-refractivity contribution in [1.82, 2.24) is 15.2 Å². The van der Waals surface area contributed by atoms with Crippen molar-refractivity contribution in [2.75, 3.05) is 36.5 Å². The lowest BCUT2D eigenvalue weighted by Crippen LogP contribution is -2.36. The summed E-state index contributed by atoms with van der Waals surface area (Å²) in [7, 11) is 0. The molecule has 1 aromatic carbocycles. The third-order valence-electron chi connectivity index (χ3n) is 3.56. The summed E-state index contributed by atoms with van der Waals surface area (Å²) in [6.45, 7) is 5.15. The second kappa shape index (κ2) is 7.47. The van der Waals surface area contributed by atoms with E-state index in [1.807, 2.05) is 31.2 Å². The van der Waals surface area contributed by atoms with Gasteiger partial charge in [0.15, 0.2) is 5.16 Å². The molecule has 8 heteroatoms. The first-order valence-electron chi connectivity index (χ1n) is 7.48. The predicted molar refractivity (Wildman–Crippen MR) is 89.8 cm³/mol. The van der Waals surface area contributed by atoms with Crippen molar-refractivity contribution in [1.29, 1.82) is 0 Å². The maximum atomic E-state index is 12.2. The number of H-pyrrole nitrogens is 1. The smallest absolute Gasteiger partial charge is 0.237 e. The zero-order chi connectivity index (χ0) is 16.1. The number of amides is 1. The molecule has 2 heterocycles. The molecule has 0 radical (unpaired) electrons. The van der Waals surface area contributed by atoms with Crippen LogP contribution in [-0.2, 0) is 9.53 Å². The van der Waals surface area contributed by atoms with E-state index in [1.54, 1.807) is 0 Å². The molecule has 7 nitrogen and oxygen atoms in total. The van der Waals surface area contributed by atoms with Gasteiger partial charge in [-0.2, -0.15) is 5.10 Å². The standard InChI is InChI=1S/C15H19N5O2S/c1-11(23-15-16-10-17-19-15)14(21)18-12-2-4-13(5-3-12)20-6-8-22-9-7-20/h2-5,10-11H,6-9H2,1H3,(H,18,21)(H,16,17,19)/t11-/m0/s1. The van der Waals surface area contributed by atoms with Crippen LogP contribution in [0.15, 0.2) is 35.7 Å². The maximum absolute atomic E-state index is 12.2. The van der Waals surface area contributed by atoms with Crippen LogP contribution in [-0.4, -0.2) is 52.6 Å². The maximum Gasteiger partial charge on any atom is 0.237 e. The van der Waals surface area contributed by atoms with Crippen LogP contribution in [0.25, 0.3) is 0 Å². The molecule has 23 heavy (non-hydrogen) atoms. The fraction of sp³-hybridized carbons (Fsp3) is 0.400. The number of carbonyl (C=O) groups excluding carboxylic acids is 1. The monoisotopic (exact) mass is 333 g/mol. The number of thioether (sulfide) groups is 1. The van der Waals surface area contributed by atoms with Gasteiger partial charge in [0.1, 0.15) is 6.33 Å². The van der Waals surface area contributed by atoms with Crippen molar-refractivity contribution >= 4 is 29.0 Å². The van der Waals surface area contributed by atoms with E-state index in [1.165, 1.54) is 18.1 Å². The number of aromatic amines is 1. The van der Waals surface area contributed by atoms with Crippen LogP contribution in [0.5, 0.6) is 0 Å². The Morgan fingerprint density at radius 3 is 2.74 bits per heavy atom. The van der Waals surface area contributed by atoms with E-state index in [-0.39, 0.29) is 11.2 Å². The minimum atomic E-state index is -0.262. The lowest BCUT2D eigenvalue weighted by molar-refractivity contribution is -0.115. The molecular weight excluding hydrogens is 314 g/mol. The van der Waals surface area contributed by atoms with E-state index in [0.29, 0.717) is 5.16 Å². The Bertz CT molecular complexity index is 626. The van der Waals surface area contributed by atoms with Gasteiger partial charge in [0.05, 0.1) is 18.5 Å². The van der Waals surface area contributed by atoms with Crippen LogP contribution in [0.3, 0.4) is 0 Å². The quantitative estimate of drug-likeness (QED) is 0.811. The summed E-state index contributed by atoms with van der Waals surface area (Å²) in [5.74, 6) is -0.0643. The Labute approximate surface area is 138 Å². The number of aromatic nitrogens is 3. The molecule has 1 atom stereocenters. The van der Waals surface area contributed by atoms with Crippen molar-refractivity contribution in [3.63, 3.8) is 0 Å². The Hall–Kier alpha value is -2.06. The van der Waals surface area contributed by atoms with Gasteiger partial charge in [-0.05, 0) is 31.2 Å². The highest BCUT2D eigenvalue weighted by Crippen LogP contribution is 2.22. The first kappa shape index (κ1) is 15.8. The summed E-state index contributed by atoms with van der Waals surface area (Å²) < 4.78 is 5.35. The Balaban J connectivity index is 1.55. The molecule has 0 aliphatic carbocycles. The molecule has 2 N–H and O–H groups in total. The minimum absolute atomic E-state index is 0.0643. The number of nitrogens with zero attached hydrogens (tertiary/aromatic N) is 3. The highest BCUT2D eigenvalue weighted by Gasteiger charge is 2.16. The zero-order valence-corrected chi connectivity index (χ0v) is 13.7. The van der Waals surface area contributed by atoms with Crippen molar-refractivity contribution in [2.45, 2.75) is 17.3 Å². The zero-order valence-electron chi connectivity index (χ0n) is 12.9. The average Bonchev–Trinajstić information content (AvgIpc) is 3.09. The van der Waals surface area contributed by atoms with E-state index in [2.05, 4.69) is 25.4 Å². The second-order valence-corrected chi connectivity index (χ2v) is 6.52. The van der Waals surface area contributed by atoms with Crippen molar-refractivity contribution in [3.05, 3.63) is 30.6 Å². The Kier molecular flexibility index (Phi) is 5.14. The normalized spacial score (nSPS) is 16.1. The van der Waals surface area contributed by atoms with Crippen molar-refractivity contribution < 1.29 is 9.53 Å². The molecular formula is C15H19N5O2S. The summed E-state index contributed by atoms with van der Waals surface area (Å²) in [5, 5.41) is 9.80. The van der Waals surface area contributed by atoms with E-state index in [4.69, 9.17) is 4.74 Å². The minimum Gasteiger partial charge on any atom is -0.378 e. The van der Waals surface area contributed by atoms with Crippen LogP contribution < -0.4 is 10.2 Å². The first-order valence-corrected chi connectivity index (χ1v) is 8.36. The number of benzene rings is 1. The molecule has 1 aliphatic rings. The number of morpholine rings is 1. The molecule has 0 saturated carbocycles. The highest BCUT2D eigenvalue weighted by atomic mass is 32.2. The van der Waals surface area contributed by atoms with E-state index in [0.717, 1.165) is 37.7 Å². The molecule has 0 bridgehead atoms. The largest absolute Gasteiger partial charge is 0.378 e. The molecule has 1 saturated heterocycles. The van der Waals surface area contributed by atoms with Gasteiger partial charge in [0, 0.05) is 24.5 Å². The fourth-order valence-corrected chi connectivity index (χ4v) is 3.01.